The van der Waals surface area contributed by atoms with E-state index in [-0.39, 0.29) is 5.82 Å². The standard InChI is InChI=1S/C14H13ClFN3S/c1-9-4-13-12(5-11(9)16)18-14(6-15)19(13)3-2-10-7-20-8-17-10/h4-5,7-8H,2-3,6H2,1H3. The predicted octanol–water partition coefficient (Wildman–Crippen LogP) is 3.92. The SMILES string of the molecule is Cc1cc2c(cc1F)nc(CCl)n2CCc1cscn1. The van der Waals surface area contributed by atoms with Gasteiger partial charge in [0.15, 0.2) is 0 Å². The van der Waals surface area contributed by atoms with Gasteiger partial charge in [0.25, 0.3) is 0 Å². The molecule has 0 amide bonds. The van der Waals surface area contributed by atoms with E-state index in [9.17, 15) is 4.39 Å². The molecule has 0 bridgehead atoms. The highest BCUT2D eigenvalue weighted by atomic mass is 35.5. The largest absolute Gasteiger partial charge is 0.327 e. The van der Waals surface area contributed by atoms with Gasteiger partial charge in [0.2, 0.25) is 0 Å². The molecule has 6 heteroatoms. The molecule has 0 aliphatic heterocycles. The van der Waals surface area contributed by atoms with Crippen LogP contribution in [-0.2, 0) is 18.8 Å². The molecule has 0 saturated heterocycles. The lowest BCUT2D eigenvalue weighted by molar-refractivity contribution is 0.620. The smallest absolute Gasteiger partial charge is 0.128 e. The van der Waals surface area contributed by atoms with Crippen LogP contribution in [0.5, 0.6) is 0 Å². The number of rotatable bonds is 4. The zero-order valence-electron chi connectivity index (χ0n) is 10.9. The maximum Gasteiger partial charge on any atom is 0.128 e. The van der Waals surface area contributed by atoms with E-state index < -0.39 is 0 Å². The van der Waals surface area contributed by atoms with Gasteiger partial charge in [0, 0.05) is 24.4 Å². The van der Waals surface area contributed by atoms with Gasteiger partial charge in [-0.05, 0) is 18.6 Å². The second-order valence-corrected chi connectivity index (χ2v) is 5.62. The summed E-state index contributed by atoms with van der Waals surface area (Å²) in [6.45, 7) is 2.50. The average molecular weight is 310 g/mol. The molecule has 0 N–H and O–H groups in total. The Bertz CT molecular complexity index is 737. The van der Waals surface area contributed by atoms with Crippen LogP contribution < -0.4 is 0 Å². The van der Waals surface area contributed by atoms with Gasteiger partial charge in [-0.15, -0.1) is 22.9 Å². The van der Waals surface area contributed by atoms with Crippen LogP contribution >= 0.6 is 22.9 Å². The summed E-state index contributed by atoms with van der Waals surface area (Å²) in [5.74, 6) is 0.844. The molecule has 3 aromatic rings. The molecule has 3 nitrogen and oxygen atoms in total. The van der Waals surface area contributed by atoms with Crippen molar-refractivity contribution in [2.75, 3.05) is 0 Å². The van der Waals surface area contributed by atoms with E-state index in [1.54, 1.807) is 18.3 Å². The summed E-state index contributed by atoms with van der Waals surface area (Å²) in [4.78, 5) is 8.68. The van der Waals surface area contributed by atoms with Gasteiger partial charge in [-0.1, -0.05) is 0 Å². The summed E-state index contributed by atoms with van der Waals surface area (Å²) < 4.78 is 15.7. The number of benzene rings is 1. The Labute approximate surface area is 125 Å². The zero-order chi connectivity index (χ0) is 14.1. The second-order valence-electron chi connectivity index (χ2n) is 4.63. The van der Waals surface area contributed by atoms with E-state index in [2.05, 4.69) is 9.97 Å². The van der Waals surface area contributed by atoms with Gasteiger partial charge in [0.1, 0.15) is 11.6 Å². The van der Waals surface area contributed by atoms with Gasteiger partial charge in [0.05, 0.1) is 28.1 Å². The number of hydrogen-bond acceptors (Lipinski definition) is 3. The van der Waals surface area contributed by atoms with E-state index in [4.69, 9.17) is 11.6 Å². The van der Waals surface area contributed by atoms with E-state index >= 15 is 0 Å². The summed E-state index contributed by atoms with van der Waals surface area (Å²) in [5, 5.41) is 2.03. The van der Waals surface area contributed by atoms with Crippen molar-refractivity contribution < 1.29 is 4.39 Å². The molecule has 20 heavy (non-hydrogen) atoms. The number of halogens is 2. The fourth-order valence-corrected chi connectivity index (χ4v) is 3.04. The average Bonchev–Trinajstić information content (AvgIpc) is 3.05. The first-order valence-corrected chi connectivity index (χ1v) is 7.75. The van der Waals surface area contributed by atoms with Gasteiger partial charge < -0.3 is 4.57 Å². The zero-order valence-corrected chi connectivity index (χ0v) is 12.5. The number of aryl methyl sites for hydroxylation is 3. The summed E-state index contributed by atoms with van der Waals surface area (Å²) in [5.41, 5.74) is 5.07. The molecule has 0 atom stereocenters. The van der Waals surface area contributed by atoms with Crippen molar-refractivity contribution in [1.29, 1.82) is 0 Å². The van der Waals surface area contributed by atoms with Gasteiger partial charge >= 0.3 is 0 Å². The van der Waals surface area contributed by atoms with Crippen LogP contribution in [0.15, 0.2) is 23.0 Å². The number of alkyl halides is 1. The highest BCUT2D eigenvalue weighted by molar-refractivity contribution is 7.07. The monoisotopic (exact) mass is 309 g/mol. The molecule has 0 radical (unpaired) electrons. The van der Waals surface area contributed by atoms with Crippen LogP contribution in [-0.4, -0.2) is 14.5 Å². The fraction of sp³-hybridized carbons (Fsp3) is 0.286. The second kappa shape index (κ2) is 5.50. The Morgan fingerprint density at radius 2 is 2.25 bits per heavy atom. The quantitative estimate of drug-likeness (QED) is 0.684. The Kier molecular flexibility index (Phi) is 3.72. The molecule has 2 heterocycles. The Morgan fingerprint density at radius 1 is 1.40 bits per heavy atom. The summed E-state index contributed by atoms with van der Waals surface area (Å²) in [6.07, 6.45) is 0.815. The normalized spacial score (nSPS) is 11.3. The number of fused-ring (bicyclic) bond motifs is 1. The maximum atomic E-state index is 13.6. The lowest BCUT2D eigenvalue weighted by Gasteiger charge is -2.07. The van der Waals surface area contributed by atoms with Crippen LogP contribution in [0.2, 0.25) is 0 Å². The molecule has 0 aliphatic rings. The van der Waals surface area contributed by atoms with Crippen molar-refractivity contribution in [1.82, 2.24) is 14.5 Å². The Balaban J connectivity index is 2.01. The molecular formula is C14H13ClFN3S. The fourth-order valence-electron chi connectivity index (χ4n) is 2.24. The van der Waals surface area contributed by atoms with Crippen molar-refractivity contribution in [2.45, 2.75) is 25.8 Å². The van der Waals surface area contributed by atoms with Crippen LogP contribution in [0.1, 0.15) is 17.1 Å². The number of hydrogen-bond donors (Lipinski definition) is 0. The lowest BCUT2D eigenvalue weighted by atomic mass is 10.2. The van der Waals surface area contributed by atoms with Crippen molar-refractivity contribution in [2.24, 2.45) is 0 Å². The number of nitrogens with zero attached hydrogens (tertiary/aromatic N) is 3. The molecule has 0 saturated carbocycles. The molecule has 1 aromatic carbocycles. The first-order chi connectivity index (χ1) is 9.69. The van der Waals surface area contributed by atoms with Crippen LogP contribution in [0.25, 0.3) is 11.0 Å². The van der Waals surface area contributed by atoms with Gasteiger partial charge in [-0.2, -0.15) is 0 Å². The van der Waals surface area contributed by atoms with Crippen molar-refractivity contribution in [3.63, 3.8) is 0 Å². The predicted molar refractivity (Wildman–Crippen MR) is 79.8 cm³/mol. The summed E-state index contributed by atoms with van der Waals surface area (Å²) >= 11 is 7.54. The van der Waals surface area contributed by atoms with E-state index in [1.807, 2.05) is 21.5 Å². The topological polar surface area (TPSA) is 30.7 Å². The molecule has 3 rings (SSSR count). The number of thiazole rings is 1. The molecule has 0 unspecified atom stereocenters. The molecule has 0 aliphatic carbocycles. The van der Waals surface area contributed by atoms with Gasteiger partial charge in [-0.3, -0.25) is 0 Å². The maximum absolute atomic E-state index is 13.6. The molecule has 0 spiro atoms. The van der Waals surface area contributed by atoms with Crippen LogP contribution in [0.3, 0.4) is 0 Å². The minimum atomic E-state index is -0.234. The number of imidazole rings is 1. The first kappa shape index (κ1) is 13.5. The van der Waals surface area contributed by atoms with Crippen molar-refractivity contribution in [3.05, 3.63) is 45.9 Å². The molecule has 104 valence electrons. The minimum Gasteiger partial charge on any atom is -0.327 e. The highest BCUT2D eigenvalue weighted by Crippen LogP contribution is 2.22. The Morgan fingerprint density at radius 3 is 2.95 bits per heavy atom. The number of aromatic nitrogens is 3. The summed E-state index contributed by atoms with van der Waals surface area (Å²) in [6, 6.07) is 3.30. The summed E-state index contributed by atoms with van der Waals surface area (Å²) in [7, 11) is 0. The van der Waals surface area contributed by atoms with Gasteiger partial charge in [-0.25, -0.2) is 14.4 Å². The first-order valence-electron chi connectivity index (χ1n) is 6.27. The third-order valence-electron chi connectivity index (χ3n) is 3.30. The van der Waals surface area contributed by atoms with Crippen molar-refractivity contribution >= 4 is 34.0 Å². The third-order valence-corrected chi connectivity index (χ3v) is 4.18. The van der Waals surface area contributed by atoms with E-state index in [0.717, 1.165) is 30.0 Å². The Hall–Kier alpha value is -1.46. The molecule has 0 fully saturated rings. The highest BCUT2D eigenvalue weighted by Gasteiger charge is 2.12. The van der Waals surface area contributed by atoms with Crippen LogP contribution in [0, 0.1) is 12.7 Å². The minimum absolute atomic E-state index is 0.234. The molecular weight excluding hydrogens is 297 g/mol. The third kappa shape index (κ3) is 2.43. The molecule has 2 aromatic heterocycles. The lowest BCUT2D eigenvalue weighted by Crippen LogP contribution is -2.05. The van der Waals surface area contributed by atoms with Crippen LogP contribution in [0.4, 0.5) is 4.39 Å². The van der Waals surface area contributed by atoms with E-state index in [0.29, 0.717) is 17.0 Å². The van der Waals surface area contributed by atoms with Crippen molar-refractivity contribution in [3.8, 4) is 0 Å². The van der Waals surface area contributed by atoms with E-state index in [1.165, 1.54) is 6.07 Å².